The van der Waals surface area contributed by atoms with E-state index < -0.39 is 10.0 Å². The van der Waals surface area contributed by atoms with Crippen molar-refractivity contribution in [2.45, 2.75) is 31.2 Å². The second kappa shape index (κ2) is 10.1. The highest BCUT2D eigenvalue weighted by Crippen LogP contribution is 2.19. The molecule has 0 saturated carbocycles. The van der Waals surface area contributed by atoms with E-state index in [4.69, 9.17) is 0 Å². The Labute approximate surface area is 184 Å². The van der Waals surface area contributed by atoms with Crippen LogP contribution in [0.4, 0.5) is 0 Å². The smallest absolute Gasteiger partial charge is 0.243 e. The van der Waals surface area contributed by atoms with E-state index >= 15 is 0 Å². The number of carbonyl (C=O) groups is 2. The molecule has 0 radical (unpaired) electrons. The summed E-state index contributed by atoms with van der Waals surface area (Å²) in [5, 5.41) is 2.96. The van der Waals surface area contributed by atoms with Crippen molar-refractivity contribution in [2.24, 2.45) is 5.92 Å². The molecule has 8 heteroatoms. The van der Waals surface area contributed by atoms with Gasteiger partial charge in [0.2, 0.25) is 21.8 Å². The molecule has 166 valence electrons. The summed E-state index contributed by atoms with van der Waals surface area (Å²) < 4.78 is 26.5. The van der Waals surface area contributed by atoms with Crippen LogP contribution in [0.15, 0.2) is 59.5 Å². The zero-order chi connectivity index (χ0) is 22.4. The number of nitrogens with one attached hydrogen (secondary N) is 1. The fraction of sp³-hybridized carbons (Fsp3) is 0.391. The van der Waals surface area contributed by atoms with Gasteiger partial charge in [-0.3, -0.25) is 9.59 Å². The first kappa shape index (κ1) is 23.0. The van der Waals surface area contributed by atoms with Crippen molar-refractivity contribution in [1.82, 2.24) is 14.5 Å². The van der Waals surface area contributed by atoms with E-state index in [-0.39, 0.29) is 29.2 Å². The zero-order valence-electron chi connectivity index (χ0n) is 18.0. The third kappa shape index (κ3) is 5.92. The van der Waals surface area contributed by atoms with Crippen LogP contribution in [-0.4, -0.2) is 56.1 Å². The molecule has 1 fully saturated rings. The van der Waals surface area contributed by atoms with Gasteiger partial charge in [0.1, 0.15) is 0 Å². The minimum atomic E-state index is -3.73. The molecule has 7 nitrogen and oxygen atoms in total. The molecule has 2 amide bonds. The predicted molar refractivity (Wildman–Crippen MR) is 119 cm³/mol. The van der Waals surface area contributed by atoms with E-state index in [2.05, 4.69) is 5.32 Å². The van der Waals surface area contributed by atoms with Crippen molar-refractivity contribution in [3.63, 3.8) is 0 Å². The second-order valence-corrected chi connectivity index (χ2v) is 9.98. The van der Waals surface area contributed by atoms with E-state index in [0.29, 0.717) is 32.5 Å². The highest BCUT2D eigenvalue weighted by Gasteiger charge is 2.30. The quantitative estimate of drug-likeness (QED) is 0.711. The first-order chi connectivity index (χ1) is 14.8. The largest absolute Gasteiger partial charge is 0.352 e. The van der Waals surface area contributed by atoms with Gasteiger partial charge in [0.25, 0.3) is 0 Å². The monoisotopic (exact) mass is 443 g/mol. The Morgan fingerprint density at radius 3 is 2.26 bits per heavy atom. The van der Waals surface area contributed by atoms with Crippen molar-refractivity contribution in [3.05, 3.63) is 65.7 Å². The Balaban J connectivity index is 1.48. The molecule has 0 atom stereocenters. The molecular formula is C23H29N3O4S. The maximum atomic E-state index is 12.7. The van der Waals surface area contributed by atoms with Gasteiger partial charge in [0.05, 0.1) is 11.4 Å². The van der Waals surface area contributed by atoms with E-state index in [1.165, 1.54) is 7.05 Å². The van der Waals surface area contributed by atoms with Gasteiger partial charge in [-0.25, -0.2) is 8.42 Å². The Hall–Kier alpha value is -2.71. The van der Waals surface area contributed by atoms with Gasteiger partial charge >= 0.3 is 0 Å². The van der Waals surface area contributed by atoms with Crippen LogP contribution < -0.4 is 5.32 Å². The fourth-order valence-electron chi connectivity index (χ4n) is 3.59. The van der Waals surface area contributed by atoms with Crippen LogP contribution in [-0.2, 0) is 26.2 Å². The zero-order valence-corrected chi connectivity index (χ0v) is 18.8. The average molecular weight is 444 g/mol. The summed E-state index contributed by atoms with van der Waals surface area (Å²) in [5.41, 5.74) is 2.01. The number of likely N-dealkylation sites (tertiary alicyclic amines) is 1. The molecule has 0 spiro atoms. The maximum Gasteiger partial charge on any atom is 0.243 e. The van der Waals surface area contributed by atoms with E-state index in [1.54, 1.807) is 29.2 Å². The molecule has 2 aromatic rings. The molecule has 1 N–H and O–H groups in total. The number of carbonyl (C=O) groups excluding carboxylic acids is 2. The number of rotatable bonds is 7. The lowest BCUT2D eigenvalue weighted by atomic mass is 9.95. The van der Waals surface area contributed by atoms with Crippen molar-refractivity contribution >= 4 is 21.8 Å². The number of likely N-dealkylation sites (N-methyl/N-ethyl adjacent to an activating group) is 1. The lowest BCUT2D eigenvalue weighted by molar-refractivity contribution is -0.135. The molecule has 1 saturated heterocycles. The lowest BCUT2D eigenvalue weighted by Crippen LogP contribution is -2.46. The highest BCUT2D eigenvalue weighted by molar-refractivity contribution is 7.89. The van der Waals surface area contributed by atoms with E-state index in [1.807, 2.05) is 37.3 Å². The Morgan fingerprint density at radius 2 is 1.65 bits per heavy atom. The molecule has 0 aromatic heterocycles. The van der Waals surface area contributed by atoms with Crippen molar-refractivity contribution in [3.8, 4) is 0 Å². The first-order valence-electron chi connectivity index (χ1n) is 10.4. The van der Waals surface area contributed by atoms with Crippen molar-refractivity contribution in [1.29, 1.82) is 0 Å². The SMILES string of the molecule is Cc1ccc(S(=O)(=O)N(C)CC(=O)N2CCC(C(=O)NCc3ccccc3)CC2)cc1. The topological polar surface area (TPSA) is 86.8 Å². The molecule has 3 rings (SSSR count). The molecule has 0 bridgehead atoms. The van der Waals surface area contributed by atoms with Gasteiger partial charge in [0, 0.05) is 32.6 Å². The van der Waals surface area contributed by atoms with E-state index in [0.717, 1.165) is 15.4 Å². The summed E-state index contributed by atoms with van der Waals surface area (Å²) in [4.78, 5) is 26.9. The average Bonchev–Trinajstić information content (AvgIpc) is 2.78. The number of hydrogen-bond acceptors (Lipinski definition) is 4. The van der Waals surface area contributed by atoms with Crippen molar-refractivity contribution < 1.29 is 18.0 Å². The Morgan fingerprint density at radius 1 is 1.03 bits per heavy atom. The molecular weight excluding hydrogens is 414 g/mol. The van der Waals surface area contributed by atoms with Gasteiger partial charge in [-0.1, -0.05) is 48.0 Å². The van der Waals surface area contributed by atoms with Gasteiger partial charge in [-0.05, 0) is 37.5 Å². The fourth-order valence-corrected chi connectivity index (χ4v) is 4.71. The molecule has 2 aromatic carbocycles. The predicted octanol–water partition coefficient (Wildman–Crippen LogP) is 2.17. The Bertz CT molecular complexity index is 999. The van der Waals surface area contributed by atoms with Crippen LogP contribution in [0.5, 0.6) is 0 Å². The highest BCUT2D eigenvalue weighted by atomic mass is 32.2. The van der Waals surface area contributed by atoms with Crippen LogP contribution in [0.2, 0.25) is 0 Å². The maximum absolute atomic E-state index is 12.7. The van der Waals surface area contributed by atoms with Crippen LogP contribution >= 0.6 is 0 Å². The normalized spacial score (nSPS) is 15.1. The number of amides is 2. The second-order valence-electron chi connectivity index (χ2n) is 7.93. The van der Waals surface area contributed by atoms with E-state index in [9.17, 15) is 18.0 Å². The van der Waals surface area contributed by atoms with Crippen LogP contribution in [0, 0.1) is 12.8 Å². The molecule has 1 heterocycles. The van der Waals surface area contributed by atoms with Gasteiger partial charge in [-0.2, -0.15) is 4.31 Å². The number of benzene rings is 2. The standard InChI is InChI=1S/C23H29N3O4S/c1-18-8-10-21(11-9-18)31(29,30)25(2)17-22(27)26-14-12-20(13-15-26)23(28)24-16-19-6-4-3-5-7-19/h3-11,20H,12-17H2,1-2H3,(H,24,28). The van der Waals surface area contributed by atoms with Crippen molar-refractivity contribution in [2.75, 3.05) is 26.7 Å². The summed E-state index contributed by atoms with van der Waals surface area (Å²) >= 11 is 0. The third-order valence-corrected chi connectivity index (χ3v) is 7.43. The van der Waals surface area contributed by atoms with Crippen LogP contribution in [0.3, 0.4) is 0 Å². The summed E-state index contributed by atoms with van der Waals surface area (Å²) in [6.45, 7) is 3.04. The van der Waals surface area contributed by atoms with Crippen LogP contribution in [0.1, 0.15) is 24.0 Å². The molecule has 31 heavy (non-hydrogen) atoms. The van der Waals surface area contributed by atoms with Crippen LogP contribution in [0.25, 0.3) is 0 Å². The number of piperidine rings is 1. The van der Waals surface area contributed by atoms with Gasteiger partial charge in [-0.15, -0.1) is 0 Å². The third-order valence-electron chi connectivity index (χ3n) is 5.62. The van der Waals surface area contributed by atoms with Gasteiger partial charge < -0.3 is 10.2 Å². The lowest BCUT2D eigenvalue weighted by Gasteiger charge is -2.32. The summed E-state index contributed by atoms with van der Waals surface area (Å²) in [6, 6.07) is 16.3. The summed E-state index contributed by atoms with van der Waals surface area (Å²) in [5.74, 6) is -0.391. The minimum Gasteiger partial charge on any atom is -0.352 e. The number of nitrogens with zero attached hydrogens (tertiary/aromatic N) is 2. The molecule has 1 aliphatic heterocycles. The number of sulfonamides is 1. The summed E-state index contributed by atoms with van der Waals surface area (Å²) in [6.07, 6.45) is 1.14. The molecule has 1 aliphatic rings. The van der Waals surface area contributed by atoms with Gasteiger partial charge in [0.15, 0.2) is 0 Å². The first-order valence-corrected chi connectivity index (χ1v) is 11.8. The number of hydrogen-bond donors (Lipinski definition) is 1. The molecule has 0 unspecified atom stereocenters. The summed E-state index contributed by atoms with van der Waals surface area (Å²) in [7, 11) is -2.31. The minimum absolute atomic E-state index is 0.00461. The number of aryl methyl sites for hydroxylation is 1. The Kier molecular flexibility index (Phi) is 7.46. The molecule has 0 aliphatic carbocycles.